The highest BCUT2D eigenvalue weighted by Crippen LogP contribution is 2.23. The number of amides is 2. The van der Waals surface area contributed by atoms with Crippen LogP contribution in [0.2, 0.25) is 0 Å². The minimum atomic E-state index is -0.129. The summed E-state index contributed by atoms with van der Waals surface area (Å²) < 4.78 is 6.19. The fourth-order valence-corrected chi connectivity index (χ4v) is 3.01. The first kappa shape index (κ1) is 20.9. The predicted molar refractivity (Wildman–Crippen MR) is 111 cm³/mol. The number of ether oxygens (including phenoxy) is 1. The standard InChI is InChI=1S/C20H24BrN3O3/c1-14-12-15(21)8-9-16(14)22-20(26)13-24(2)11-10-19(25)23-17-6-4-5-7-18(17)27-3/h4-9,12H,10-11,13H2,1-3H3,(H,22,26)(H,23,25). The molecule has 6 nitrogen and oxygen atoms in total. The Labute approximate surface area is 168 Å². The number of halogens is 1. The second kappa shape index (κ2) is 10.1. The molecule has 2 rings (SSSR count). The van der Waals surface area contributed by atoms with E-state index in [0.717, 1.165) is 15.7 Å². The highest BCUT2D eigenvalue weighted by atomic mass is 79.9. The lowest BCUT2D eigenvalue weighted by molar-refractivity contribution is -0.119. The van der Waals surface area contributed by atoms with Gasteiger partial charge in [-0.2, -0.15) is 0 Å². The summed E-state index contributed by atoms with van der Waals surface area (Å²) in [5, 5.41) is 5.72. The molecule has 0 saturated heterocycles. The molecule has 2 amide bonds. The third kappa shape index (κ3) is 6.69. The van der Waals surface area contributed by atoms with Gasteiger partial charge in [0.05, 0.1) is 19.3 Å². The second-order valence-electron chi connectivity index (χ2n) is 6.24. The third-order valence-electron chi connectivity index (χ3n) is 3.98. The molecular weight excluding hydrogens is 410 g/mol. The number of nitrogens with one attached hydrogen (secondary N) is 2. The summed E-state index contributed by atoms with van der Waals surface area (Å²) in [4.78, 5) is 26.1. The number of carbonyl (C=O) groups is 2. The Bertz CT molecular complexity index is 811. The van der Waals surface area contributed by atoms with Crippen molar-refractivity contribution in [1.82, 2.24) is 4.90 Å². The van der Waals surface area contributed by atoms with Crippen LogP contribution in [0.5, 0.6) is 5.75 Å². The summed E-state index contributed by atoms with van der Waals surface area (Å²) in [6.07, 6.45) is 0.277. The van der Waals surface area contributed by atoms with Gasteiger partial charge >= 0.3 is 0 Å². The van der Waals surface area contributed by atoms with Gasteiger partial charge in [-0.1, -0.05) is 28.1 Å². The van der Waals surface area contributed by atoms with E-state index in [1.54, 1.807) is 19.2 Å². The maximum atomic E-state index is 12.2. The zero-order valence-electron chi connectivity index (χ0n) is 15.7. The lowest BCUT2D eigenvalue weighted by Crippen LogP contribution is -2.32. The van der Waals surface area contributed by atoms with Crippen LogP contribution < -0.4 is 15.4 Å². The van der Waals surface area contributed by atoms with Crippen LogP contribution >= 0.6 is 15.9 Å². The molecule has 7 heteroatoms. The van der Waals surface area contributed by atoms with Gasteiger partial charge in [0.2, 0.25) is 11.8 Å². The number of aryl methyl sites for hydroxylation is 1. The fraction of sp³-hybridized carbons (Fsp3) is 0.300. The fourth-order valence-electron chi connectivity index (χ4n) is 2.53. The lowest BCUT2D eigenvalue weighted by atomic mass is 10.2. The average molecular weight is 434 g/mol. The van der Waals surface area contributed by atoms with Crippen LogP contribution in [0.3, 0.4) is 0 Å². The number of hydrogen-bond acceptors (Lipinski definition) is 4. The zero-order valence-corrected chi connectivity index (χ0v) is 17.3. The molecule has 0 saturated carbocycles. The van der Waals surface area contributed by atoms with Crippen LogP contribution in [0.1, 0.15) is 12.0 Å². The number of nitrogens with zero attached hydrogens (tertiary/aromatic N) is 1. The van der Waals surface area contributed by atoms with Crippen LogP contribution in [0.4, 0.5) is 11.4 Å². The molecule has 0 aromatic heterocycles. The summed E-state index contributed by atoms with van der Waals surface area (Å²) in [7, 11) is 3.37. The molecule has 0 spiro atoms. The van der Waals surface area contributed by atoms with Crippen molar-refractivity contribution in [2.45, 2.75) is 13.3 Å². The first-order valence-electron chi connectivity index (χ1n) is 8.56. The van der Waals surface area contributed by atoms with E-state index in [-0.39, 0.29) is 24.8 Å². The minimum absolute atomic E-state index is 0.118. The molecule has 0 fully saturated rings. The Kier molecular flexibility index (Phi) is 7.82. The van der Waals surface area contributed by atoms with Crippen LogP contribution in [0.25, 0.3) is 0 Å². The molecule has 2 aromatic carbocycles. The van der Waals surface area contributed by atoms with Crippen molar-refractivity contribution >= 4 is 39.1 Å². The van der Waals surface area contributed by atoms with Crippen molar-refractivity contribution in [2.75, 3.05) is 37.9 Å². The summed E-state index contributed by atoms with van der Waals surface area (Å²) in [6.45, 7) is 2.61. The Morgan fingerprint density at radius 3 is 2.48 bits per heavy atom. The molecule has 0 atom stereocenters. The maximum absolute atomic E-state index is 12.2. The molecule has 0 bridgehead atoms. The SMILES string of the molecule is COc1ccccc1NC(=O)CCN(C)CC(=O)Nc1ccc(Br)cc1C. The number of hydrogen-bond donors (Lipinski definition) is 2. The number of methoxy groups -OCH3 is 1. The van der Waals surface area contributed by atoms with Crippen molar-refractivity contribution < 1.29 is 14.3 Å². The van der Waals surface area contributed by atoms with Gasteiger partial charge < -0.3 is 15.4 Å². The lowest BCUT2D eigenvalue weighted by Gasteiger charge is -2.17. The van der Waals surface area contributed by atoms with Crippen LogP contribution in [0, 0.1) is 6.92 Å². The van der Waals surface area contributed by atoms with E-state index < -0.39 is 0 Å². The zero-order chi connectivity index (χ0) is 19.8. The molecule has 0 aliphatic rings. The van der Waals surface area contributed by atoms with Crippen molar-refractivity contribution in [1.29, 1.82) is 0 Å². The quantitative estimate of drug-likeness (QED) is 0.666. The smallest absolute Gasteiger partial charge is 0.238 e. The highest BCUT2D eigenvalue weighted by Gasteiger charge is 2.11. The largest absolute Gasteiger partial charge is 0.495 e. The number of likely N-dealkylation sites (N-methyl/N-ethyl adjacent to an activating group) is 1. The molecule has 0 unspecified atom stereocenters. The van der Waals surface area contributed by atoms with E-state index in [0.29, 0.717) is 18.0 Å². The van der Waals surface area contributed by atoms with Crippen LogP contribution in [-0.2, 0) is 9.59 Å². The van der Waals surface area contributed by atoms with Crippen LogP contribution in [-0.4, -0.2) is 44.0 Å². The van der Waals surface area contributed by atoms with Gasteiger partial charge in [-0.3, -0.25) is 14.5 Å². The molecular formula is C20H24BrN3O3. The summed E-state index contributed by atoms with van der Waals surface area (Å²) >= 11 is 3.40. The van der Waals surface area contributed by atoms with Gasteiger partial charge in [-0.25, -0.2) is 0 Å². The number of anilines is 2. The normalized spacial score (nSPS) is 10.6. The highest BCUT2D eigenvalue weighted by molar-refractivity contribution is 9.10. The Balaban J connectivity index is 1.78. The van der Waals surface area contributed by atoms with E-state index in [2.05, 4.69) is 26.6 Å². The van der Waals surface area contributed by atoms with Gasteiger partial charge in [-0.15, -0.1) is 0 Å². The summed E-state index contributed by atoms with van der Waals surface area (Å²) in [6, 6.07) is 12.9. The van der Waals surface area contributed by atoms with Crippen LogP contribution in [0.15, 0.2) is 46.9 Å². The second-order valence-corrected chi connectivity index (χ2v) is 7.16. The number of benzene rings is 2. The molecule has 0 radical (unpaired) electrons. The van der Waals surface area contributed by atoms with E-state index in [9.17, 15) is 9.59 Å². The average Bonchev–Trinajstić information content (AvgIpc) is 2.63. The molecule has 2 N–H and O–H groups in total. The molecule has 2 aromatic rings. The van der Waals surface area contributed by atoms with Gasteiger partial charge in [0.1, 0.15) is 5.75 Å². The van der Waals surface area contributed by atoms with E-state index in [1.807, 2.05) is 49.2 Å². The van der Waals surface area contributed by atoms with Crippen molar-refractivity contribution in [3.05, 3.63) is 52.5 Å². The Hall–Kier alpha value is -2.38. The van der Waals surface area contributed by atoms with Crippen molar-refractivity contribution in [3.63, 3.8) is 0 Å². The van der Waals surface area contributed by atoms with Crippen molar-refractivity contribution in [3.8, 4) is 5.75 Å². The molecule has 0 aliphatic carbocycles. The number of para-hydroxylation sites is 2. The topological polar surface area (TPSA) is 70.7 Å². The monoisotopic (exact) mass is 433 g/mol. The van der Waals surface area contributed by atoms with E-state index >= 15 is 0 Å². The first-order chi connectivity index (χ1) is 12.9. The van der Waals surface area contributed by atoms with Crippen molar-refractivity contribution in [2.24, 2.45) is 0 Å². The van der Waals surface area contributed by atoms with Gasteiger partial charge in [0.15, 0.2) is 0 Å². The predicted octanol–water partition coefficient (Wildman–Crippen LogP) is 3.67. The molecule has 0 aliphatic heterocycles. The van der Waals surface area contributed by atoms with Gasteiger partial charge in [-0.05, 0) is 49.9 Å². The Morgan fingerprint density at radius 2 is 1.78 bits per heavy atom. The maximum Gasteiger partial charge on any atom is 0.238 e. The van der Waals surface area contributed by atoms with E-state index in [1.165, 1.54) is 0 Å². The minimum Gasteiger partial charge on any atom is -0.495 e. The summed E-state index contributed by atoms with van der Waals surface area (Å²) in [5.41, 5.74) is 2.40. The Morgan fingerprint density at radius 1 is 1.07 bits per heavy atom. The molecule has 27 heavy (non-hydrogen) atoms. The van der Waals surface area contributed by atoms with Gasteiger partial charge in [0.25, 0.3) is 0 Å². The number of carbonyl (C=O) groups excluding carboxylic acids is 2. The van der Waals surface area contributed by atoms with E-state index in [4.69, 9.17) is 4.74 Å². The summed E-state index contributed by atoms with van der Waals surface area (Å²) in [5.74, 6) is 0.368. The molecule has 144 valence electrons. The molecule has 0 heterocycles. The van der Waals surface area contributed by atoms with Gasteiger partial charge in [0, 0.05) is 23.1 Å². The first-order valence-corrected chi connectivity index (χ1v) is 9.35. The number of rotatable bonds is 8. The third-order valence-corrected chi connectivity index (χ3v) is 4.47.